The molecule has 1 saturated carbocycles. The number of ether oxygens (including phenoxy) is 1. The van der Waals surface area contributed by atoms with Crippen molar-refractivity contribution in [3.05, 3.63) is 71.9 Å². The highest BCUT2D eigenvalue weighted by molar-refractivity contribution is 5.90. The summed E-state index contributed by atoms with van der Waals surface area (Å²) in [6.45, 7) is 9.60. The lowest BCUT2D eigenvalue weighted by Gasteiger charge is -2.24. The molecule has 2 aromatic heterocycles. The van der Waals surface area contributed by atoms with Gasteiger partial charge >= 0.3 is 6.09 Å². The van der Waals surface area contributed by atoms with Gasteiger partial charge in [0.05, 0.1) is 42.9 Å². The number of pyridine rings is 1. The Labute approximate surface area is 246 Å². The minimum absolute atomic E-state index is 0. The molecule has 218 valence electrons. The second kappa shape index (κ2) is 10.6. The molecule has 4 fully saturated rings. The molecule has 11 nitrogen and oxygen atoms in total. The zero-order valence-corrected chi connectivity index (χ0v) is 23.1. The summed E-state index contributed by atoms with van der Waals surface area (Å²) in [7, 11) is 0. The number of alkyl halides is 1. The monoisotopic (exact) mass is 596 g/mol. The molecule has 0 bridgehead atoms. The van der Waals surface area contributed by atoms with Crippen LogP contribution in [0.5, 0.6) is 0 Å². The van der Waals surface area contributed by atoms with Gasteiger partial charge in [0, 0.05) is 49.6 Å². The standard InChI is InChI=1S/C28H26F2N8O3.ClH/c1-31-28(21-14-36(15-22(21)28)26(39)24-8-17(29)11-32-24)25-5-2-16(10-33-25)20-4-3-18(9-23(20)30)38-13-19(41-27(38)40)12-37-7-6-34-35-37;/h2-7,9-10,17,19,21-22,24,32H,8,11-15H2;1H/t17-,19-,21-,22+,24-,28?;/m0./s1. The molecule has 1 unspecified atom stereocenters. The van der Waals surface area contributed by atoms with Crippen LogP contribution in [0.4, 0.5) is 19.3 Å². The fraction of sp³-hybridized carbons (Fsp3) is 0.429. The quantitative estimate of drug-likeness (QED) is 0.436. The van der Waals surface area contributed by atoms with Crippen molar-refractivity contribution in [2.24, 2.45) is 11.8 Å². The number of fused-ring (bicyclic) bond motifs is 1. The number of aromatic nitrogens is 4. The Hall–Kier alpha value is -4.15. The number of cyclic esters (lactones) is 1. The molecule has 3 saturated heterocycles. The number of halogens is 3. The number of nitrogens with zero attached hydrogens (tertiary/aromatic N) is 7. The average Bonchev–Trinajstić information content (AvgIpc) is 3.62. The molecule has 0 spiro atoms. The normalized spacial score (nSPS) is 29.5. The van der Waals surface area contributed by atoms with Gasteiger partial charge in [-0.1, -0.05) is 11.3 Å². The average molecular weight is 597 g/mol. The largest absolute Gasteiger partial charge is 0.442 e. The molecule has 1 N–H and O–H groups in total. The number of amides is 2. The summed E-state index contributed by atoms with van der Waals surface area (Å²) in [4.78, 5) is 36.8. The van der Waals surface area contributed by atoms with Crippen LogP contribution in [0.1, 0.15) is 12.1 Å². The van der Waals surface area contributed by atoms with Gasteiger partial charge in [0.15, 0.2) is 0 Å². The highest BCUT2D eigenvalue weighted by Crippen LogP contribution is 2.64. The summed E-state index contributed by atoms with van der Waals surface area (Å²) in [6.07, 6.45) is 2.95. The zero-order valence-electron chi connectivity index (χ0n) is 22.3. The lowest BCUT2D eigenvalue weighted by atomic mass is 10.0. The van der Waals surface area contributed by atoms with Crippen LogP contribution in [0.2, 0.25) is 0 Å². The van der Waals surface area contributed by atoms with Crippen molar-refractivity contribution in [2.75, 3.05) is 31.1 Å². The van der Waals surface area contributed by atoms with Crippen molar-refractivity contribution in [3.8, 4) is 11.1 Å². The van der Waals surface area contributed by atoms with Gasteiger partial charge < -0.3 is 19.8 Å². The van der Waals surface area contributed by atoms with E-state index in [0.717, 1.165) is 0 Å². The van der Waals surface area contributed by atoms with Crippen molar-refractivity contribution < 1.29 is 23.1 Å². The number of likely N-dealkylation sites (tertiary alicyclic amines) is 1. The van der Waals surface area contributed by atoms with Gasteiger partial charge in [0.2, 0.25) is 5.91 Å². The van der Waals surface area contributed by atoms with Gasteiger partial charge in [-0.05, 0) is 24.3 Å². The van der Waals surface area contributed by atoms with Crippen LogP contribution < -0.4 is 10.2 Å². The van der Waals surface area contributed by atoms with Gasteiger partial charge in [0.25, 0.3) is 5.54 Å². The van der Waals surface area contributed by atoms with E-state index in [-0.39, 0.29) is 49.7 Å². The van der Waals surface area contributed by atoms with Crippen LogP contribution >= 0.6 is 12.4 Å². The molecule has 4 aliphatic rings. The Morgan fingerprint density at radius 3 is 2.64 bits per heavy atom. The van der Waals surface area contributed by atoms with Crippen molar-refractivity contribution >= 4 is 30.1 Å². The molecule has 1 aliphatic carbocycles. The first-order chi connectivity index (χ1) is 19.9. The minimum Gasteiger partial charge on any atom is -0.442 e. The zero-order chi connectivity index (χ0) is 28.3. The van der Waals surface area contributed by atoms with E-state index in [0.29, 0.717) is 42.1 Å². The maximum absolute atomic E-state index is 15.2. The van der Waals surface area contributed by atoms with Gasteiger partial charge in [-0.2, -0.15) is 0 Å². The molecular formula is C28H27ClF2N8O3. The summed E-state index contributed by atoms with van der Waals surface area (Å²) >= 11 is 0. The van der Waals surface area contributed by atoms with Gasteiger partial charge in [0.1, 0.15) is 23.8 Å². The van der Waals surface area contributed by atoms with Crippen molar-refractivity contribution in [2.45, 2.75) is 36.8 Å². The maximum atomic E-state index is 15.2. The third-order valence-electron chi connectivity index (χ3n) is 8.70. The fourth-order valence-corrected chi connectivity index (χ4v) is 6.55. The first-order valence-corrected chi connectivity index (χ1v) is 13.5. The van der Waals surface area contributed by atoms with Crippen LogP contribution in [0.25, 0.3) is 16.0 Å². The fourth-order valence-electron chi connectivity index (χ4n) is 6.55. The smallest absolute Gasteiger partial charge is 0.414 e. The SMILES string of the molecule is Cl.[C-]#[N+]C1(c2ccc(-c3ccc(N4C[C@H](Cn5ccnn5)OC4=O)cc3F)cn2)[C@@H]2CN(C(=O)[C@@H]3C[C@H](F)CN3)C[C@@H]21. The van der Waals surface area contributed by atoms with Gasteiger partial charge in [-0.25, -0.2) is 24.8 Å². The van der Waals surface area contributed by atoms with Crippen molar-refractivity contribution in [1.29, 1.82) is 0 Å². The van der Waals surface area contributed by atoms with E-state index in [1.807, 2.05) is 0 Å². The predicted octanol–water partition coefficient (Wildman–Crippen LogP) is 2.83. The van der Waals surface area contributed by atoms with E-state index in [1.165, 1.54) is 17.2 Å². The third kappa shape index (κ3) is 4.55. The first-order valence-electron chi connectivity index (χ1n) is 13.5. The summed E-state index contributed by atoms with van der Waals surface area (Å²) in [5.74, 6) is -0.687. The summed E-state index contributed by atoms with van der Waals surface area (Å²) in [5, 5.41) is 10.6. The van der Waals surface area contributed by atoms with E-state index in [9.17, 15) is 14.0 Å². The Balaban J connectivity index is 0.00000316. The minimum atomic E-state index is -1.01. The van der Waals surface area contributed by atoms with E-state index in [1.54, 1.807) is 46.2 Å². The van der Waals surface area contributed by atoms with Crippen LogP contribution in [-0.2, 0) is 21.6 Å². The molecule has 0 radical (unpaired) electrons. The lowest BCUT2D eigenvalue weighted by Crippen LogP contribution is -2.44. The Morgan fingerprint density at radius 2 is 2.02 bits per heavy atom. The van der Waals surface area contributed by atoms with Crippen LogP contribution in [0, 0.1) is 24.2 Å². The number of rotatable bonds is 6. The van der Waals surface area contributed by atoms with E-state index in [2.05, 4.69) is 25.5 Å². The summed E-state index contributed by atoms with van der Waals surface area (Å²) in [6, 6.07) is 7.55. The number of piperidine rings is 1. The molecule has 42 heavy (non-hydrogen) atoms. The molecule has 6 atom stereocenters. The molecule has 1 aromatic carbocycles. The highest BCUT2D eigenvalue weighted by Gasteiger charge is 2.78. The Bertz CT molecular complexity index is 1540. The molecule has 5 heterocycles. The number of benzene rings is 1. The predicted molar refractivity (Wildman–Crippen MR) is 148 cm³/mol. The Kier molecular flexibility index (Phi) is 7.06. The second-order valence-corrected chi connectivity index (χ2v) is 11.0. The molecular weight excluding hydrogens is 570 g/mol. The summed E-state index contributed by atoms with van der Waals surface area (Å²) < 4.78 is 35.8. The Morgan fingerprint density at radius 1 is 1.21 bits per heavy atom. The van der Waals surface area contributed by atoms with Crippen LogP contribution in [-0.4, -0.2) is 81.4 Å². The molecule has 7 rings (SSSR count). The highest BCUT2D eigenvalue weighted by atomic mass is 35.5. The van der Waals surface area contributed by atoms with Crippen molar-refractivity contribution in [3.63, 3.8) is 0 Å². The second-order valence-electron chi connectivity index (χ2n) is 11.0. The number of hydrogen-bond acceptors (Lipinski definition) is 7. The lowest BCUT2D eigenvalue weighted by molar-refractivity contribution is -0.132. The van der Waals surface area contributed by atoms with Gasteiger partial charge in [-0.3, -0.25) is 14.7 Å². The van der Waals surface area contributed by atoms with E-state index < -0.39 is 35.8 Å². The molecule has 2 amide bonds. The van der Waals surface area contributed by atoms with Crippen molar-refractivity contribution in [1.82, 2.24) is 30.2 Å². The molecule has 3 aliphatic heterocycles. The number of hydrogen-bond donors (Lipinski definition) is 1. The first kappa shape index (κ1) is 28.0. The summed E-state index contributed by atoms with van der Waals surface area (Å²) in [5.41, 5.74) is 1.05. The molecule has 3 aromatic rings. The number of nitrogens with one attached hydrogen (secondary N) is 1. The third-order valence-corrected chi connectivity index (χ3v) is 8.70. The number of carbonyl (C=O) groups excluding carboxylic acids is 2. The van der Waals surface area contributed by atoms with Crippen LogP contribution in [0.15, 0.2) is 48.9 Å². The maximum Gasteiger partial charge on any atom is 0.414 e. The van der Waals surface area contributed by atoms with E-state index >= 15 is 4.39 Å². The number of anilines is 1. The molecule has 14 heteroatoms. The van der Waals surface area contributed by atoms with Crippen LogP contribution in [0.3, 0.4) is 0 Å². The van der Waals surface area contributed by atoms with Gasteiger partial charge in [-0.15, -0.1) is 17.5 Å². The number of carbonyl (C=O) groups is 2. The topological polar surface area (TPSA) is 110 Å². The van der Waals surface area contributed by atoms with E-state index in [4.69, 9.17) is 11.3 Å².